The van der Waals surface area contributed by atoms with E-state index in [9.17, 15) is 14.0 Å². The molecule has 0 spiro atoms. The minimum absolute atomic E-state index is 0.00878. The van der Waals surface area contributed by atoms with Crippen molar-refractivity contribution in [3.63, 3.8) is 0 Å². The molecule has 1 amide bonds. The highest BCUT2D eigenvalue weighted by Crippen LogP contribution is 2.25. The summed E-state index contributed by atoms with van der Waals surface area (Å²) in [6.45, 7) is 0. The fourth-order valence-corrected chi connectivity index (χ4v) is 2.60. The summed E-state index contributed by atoms with van der Waals surface area (Å²) in [5.74, 6) is -1.79. The molecule has 26 heavy (non-hydrogen) atoms. The van der Waals surface area contributed by atoms with Crippen LogP contribution in [-0.4, -0.2) is 19.0 Å². The third kappa shape index (κ3) is 3.62. The van der Waals surface area contributed by atoms with Crippen molar-refractivity contribution in [2.75, 3.05) is 12.4 Å². The number of amides is 1. The lowest BCUT2D eigenvalue weighted by Crippen LogP contribution is -2.14. The van der Waals surface area contributed by atoms with Gasteiger partial charge in [-0.05, 0) is 35.4 Å². The molecular weight excluding hydrogens is 333 g/mol. The third-order valence-corrected chi connectivity index (χ3v) is 3.89. The Morgan fingerprint density at radius 1 is 0.923 bits per heavy atom. The van der Waals surface area contributed by atoms with E-state index in [1.54, 1.807) is 12.1 Å². The quantitative estimate of drug-likeness (QED) is 0.704. The largest absolute Gasteiger partial charge is 0.465 e. The molecule has 3 aromatic carbocycles. The van der Waals surface area contributed by atoms with Gasteiger partial charge < -0.3 is 10.1 Å². The fourth-order valence-electron chi connectivity index (χ4n) is 2.60. The highest BCUT2D eigenvalue weighted by Gasteiger charge is 2.15. The maximum Gasteiger partial charge on any atom is 0.337 e. The zero-order valence-corrected chi connectivity index (χ0v) is 14.0. The molecule has 0 saturated heterocycles. The Labute approximate surface area is 150 Å². The molecule has 4 nitrogen and oxygen atoms in total. The number of anilines is 1. The van der Waals surface area contributed by atoms with Gasteiger partial charge in [-0.2, -0.15) is 0 Å². The summed E-state index contributed by atoms with van der Waals surface area (Å²) in [7, 11) is 1.22. The van der Waals surface area contributed by atoms with Crippen molar-refractivity contribution in [2.24, 2.45) is 0 Å². The van der Waals surface area contributed by atoms with Gasteiger partial charge in [-0.3, -0.25) is 4.79 Å². The summed E-state index contributed by atoms with van der Waals surface area (Å²) in [6.07, 6.45) is 0. The molecule has 1 N–H and O–H groups in total. The Bertz CT molecular complexity index is 954. The van der Waals surface area contributed by atoms with E-state index < -0.39 is 17.7 Å². The molecule has 0 aliphatic heterocycles. The number of methoxy groups -OCH3 is 1. The standard InChI is InChI=1S/C21H16FNO3/c1-26-21(25)15-11-12-19(18(22)13-15)23-20(24)17-10-6-5-9-16(17)14-7-3-2-4-8-14/h2-13H,1H3,(H,23,24). The van der Waals surface area contributed by atoms with Gasteiger partial charge in [0.25, 0.3) is 5.91 Å². The molecule has 0 unspecified atom stereocenters. The molecule has 0 fully saturated rings. The Balaban J connectivity index is 1.89. The average molecular weight is 349 g/mol. The monoisotopic (exact) mass is 349 g/mol. The highest BCUT2D eigenvalue weighted by molar-refractivity contribution is 6.08. The van der Waals surface area contributed by atoms with Crippen LogP contribution in [-0.2, 0) is 4.74 Å². The molecule has 0 saturated carbocycles. The first-order valence-electron chi connectivity index (χ1n) is 7.94. The van der Waals surface area contributed by atoms with E-state index in [1.165, 1.54) is 19.2 Å². The smallest absolute Gasteiger partial charge is 0.337 e. The van der Waals surface area contributed by atoms with E-state index >= 15 is 0 Å². The normalized spacial score (nSPS) is 10.2. The number of halogens is 1. The van der Waals surface area contributed by atoms with E-state index in [1.807, 2.05) is 42.5 Å². The summed E-state index contributed by atoms with van der Waals surface area (Å²) in [5, 5.41) is 2.55. The van der Waals surface area contributed by atoms with E-state index in [-0.39, 0.29) is 11.3 Å². The fraction of sp³-hybridized carbons (Fsp3) is 0.0476. The molecule has 5 heteroatoms. The second-order valence-corrected chi connectivity index (χ2v) is 5.55. The van der Waals surface area contributed by atoms with Crippen LogP contribution in [0.3, 0.4) is 0 Å². The first-order valence-corrected chi connectivity index (χ1v) is 7.94. The van der Waals surface area contributed by atoms with Gasteiger partial charge in [-0.1, -0.05) is 48.5 Å². The van der Waals surface area contributed by atoms with Gasteiger partial charge in [-0.25, -0.2) is 9.18 Å². The van der Waals surface area contributed by atoms with Crippen LogP contribution in [0.15, 0.2) is 72.8 Å². The second kappa shape index (κ2) is 7.61. The molecule has 0 aliphatic rings. The van der Waals surface area contributed by atoms with Crippen LogP contribution in [0.2, 0.25) is 0 Å². The Kier molecular flexibility index (Phi) is 5.08. The van der Waals surface area contributed by atoms with Crippen LogP contribution in [0.1, 0.15) is 20.7 Å². The topological polar surface area (TPSA) is 55.4 Å². The highest BCUT2D eigenvalue weighted by atomic mass is 19.1. The predicted octanol–water partition coefficient (Wildman–Crippen LogP) is 4.53. The van der Waals surface area contributed by atoms with Crippen molar-refractivity contribution in [1.82, 2.24) is 0 Å². The molecule has 0 radical (unpaired) electrons. The molecule has 0 aliphatic carbocycles. The van der Waals surface area contributed by atoms with E-state index in [2.05, 4.69) is 10.1 Å². The lowest BCUT2D eigenvalue weighted by Gasteiger charge is -2.11. The van der Waals surface area contributed by atoms with Crippen molar-refractivity contribution in [3.8, 4) is 11.1 Å². The lowest BCUT2D eigenvalue weighted by atomic mass is 9.99. The van der Waals surface area contributed by atoms with Gasteiger partial charge in [0.05, 0.1) is 18.4 Å². The van der Waals surface area contributed by atoms with Gasteiger partial charge in [0.2, 0.25) is 0 Å². The first-order chi connectivity index (χ1) is 12.6. The van der Waals surface area contributed by atoms with Crippen LogP contribution in [0, 0.1) is 5.82 Å². The Morgan fingerprint density at radius 3 is 2.31 bits per heavy atom. The summed E-state index contributed by atoms with van der Waals surface area (Å²) in [5.41, 5.74) is 2.13. The maximum absolute atomic E-state index is 14.2. The number of hydrogen-bond donors (Lipinski definition) is 1. The van der Waals surface area contributed by atoms with Crippen LogP contribution in [0.4, 0.5) is 10.1 Å². The molecule has 3 rings (SSSR count). The summed E-state index contributed by atoms with van der Waals surface area (Å²) >= 11 is 0. The minimum atomic E-state index is -0.710. The zero-order chi connectivity index (χ0) is 18.5. The lowest BCUT2D eigenvalue weighted by molar-refractivity contribution is 0.0600. The Morgan fingerprint density at radius 2 is 1.62 bits per heavy atom. The maximum atomic E-state index is 14.2. The zero-order valence-electron chi connectivity index (χ0n) is 14.0. The third-order valence-electron chi connectivity index (χ3n) is 3.89. The van der Waals surface area contributed by atoms with Crippen LogP contribution in [0.5, 0.6) is 0 Å². The van der Waals surface area contributed by atoms with E-state index in [0.29, 0.717) is 5.56 Å². The molecular formula is C21H16FNO3. The number of hydrogen-bond acceptors (Lipinski definition) is 3. The molecule has 0 heterocycles. The number of carbonyl (C=O) groups is 2. The summed E-state index contributed by atoms with van der Waals surface area (Å²) < 4.78 is 18.8. The van der Waals surface area contributed by atoms with Gasteiger partial charge in [0.15, 0.2) is 0 Å². The average Bonchev–Trinajstić information content (AvgIpc) is 2.69. The number of benzene rings is 3. The van der Waals surface area contributed by atoms with Gasteiger partial charge >= 0.3 is 5.97 Å². The van der Waals surface area contributed by atoms with E-state index in [4.69, 9.17) is 0 Å². The minimum Gasteiger partial charge on any atom is -0.465 e. The number of carbonyl (C=O) groups excluding carboxylic acids is 2. The number of esters is 1. The van der Waals surface area contributed by atoms with Gasteiger partial charge in [0.1, 0.15) is 5.82 Å². The molecule has 0 atom stereocenters. The number of nitrogens with one attached hydrogen (secondary N) is 1. The van der Waals surface area contributed by atoms with Crippen molar-refractivity contribution in [2.45, 2.75) is 0 Å². The van der Waals surface area contributed by atoms with Crippen molar-refractivity contribution in [1.29, 1.82) is 0 Å². The van der Waals surface area contributed by atoms with E-state index in [0.717, 1.165) is 17.2 Å². The summed E-state index contributed by atoms with van der Waals surface area (Å²) in [4.78, 5) is 24.1. The van der Waals surface area contributed by atoms with Crippen LogP contribution >= 0.6 is 0 Å². The number of ether oxygens (including phenoxy) is 1. The van der Waals surface area contributed by atoms with Crippen LogP contribution < -0.4 is 5.32 Å². The van der Waals surface area contributed by atoms with Crippen molar-refractivity contribution >= 4 is 17.6 Å². The summed E-state index contributed by atoms with van der Waals surface area (Å²) in [6, 6.07) is 20.3. The predicted molar refractivity (Wildman–Crippen MR) is 97.6 cm³/mol. The molecule has 0 aromatic heterocycles. The van der Waals surface area contributed by atoms with Gasteiger partial charge in [-0.15, -0.1) is 0 Å². The first kappa shape index (κ1) is 17.4. The molecule has 0 bridgehead atoms. The second-order valence-electron chi connectivity index (χ2n) is 5.55. The van der Waals surface area contributed by atoms with Gasteiger partial charge in [0, 0.05) is 5.56 Å². The van der Waals surface area contributed by atoms with Crippen molar-refractivity contribution < 1.29 is 18.7 Å². The molecule has 3 aromatic rings. The Hall–Kier alpha value is -3.47. The SMILES string of the molecule is COC(=O)c1ccc(NC(=O)c2ccccc2-c2ccccc2)c(F)c1. The molecule has 130 valence electrons. The van der Waals surface area contributed by atoms with Crippen LogP contribution in [0.25, 0.3) is 11.1 Å². The number of rotatable bonds is 4. The van der Waals surface area contributed by atoms with Crippen molar-refractivity contribution in [3.05, 3.63) is 89.7 Å².